The number of allylic oxidation sites excluding steroid dienone is 5. The average molecular weight is 313 g/mol. The number of hydrogen-bond acceptors (Lipinski definition) is 0. The SMILES string of the molecule is C=C1CC[C@H](C)C/C1=C\C=C1/CCC[C@@]2(C)C1CCC2C(C)C. The van der Waals surface area contributed by atoms with Crippen LogP contribution in [-0.2, 0) is 0 Å². The maximum Gasteiger partial charge on any atom is -0.0143 e. The van der Waals surface area contributed by atoms with Crippen LogP contribution in [0.3, 0.4) is 0 Å². The minimum absolute atomic E-state index is 0.563. The summed E-state index contributed by atoms with van der Waals surface area (Å²) in [5.41, 5.74) is 5.24. The van der Waals surface area contributed by atoms with Gasteiger partial charge in [-0.2, -0.15) is 0 Å². The Kier molecular flexibility index (Phi) is 4.90. The van der Waals surface area contributed by atoms with Crippen molar-refractivity contribution in [3.63, 3.8) is 0 Å². The van der Waals surface area contributed by atoms with Crippen molar-refractivity contribution in [1.82, 2.24) is 0 Å². The zero-order valence-corrected chi connectivity index (χ0v) is 15.8. The molecule has 3 fully saturated rings. The van der Waals surface area contributed by atoms with Crippen molar-refractivity contribution < 1.29 is 0 Å². The standard InChI is InChI=1S/C23H36/c1-16(2)21-12-13-22-19(7-6-14-23(21,22)5)10-11-20-15-17(3)8-9-18(20)4/h10-11,16-17,21-22H,4,6-9,12-15H2,1-3,5H3/b19-10+,20-11+/t17-,21?,22?,23+/m0/s1. The van der Waals surface area contributed by atoms with Crippen LogP contribution < -0.4 is 0 Å². The van der Waals surface area contributed by atoms with Crippen molar-refractivity contribution in [2.75, 3.05) is 0 Å². The highest BCUT2D eigenvalue weighted by molar-refractivity contribution is 5.35. The van der Waals surface area contributed by atoms with E-state index in [9.17, 15) is 0 Å². The zero-order chi connectivity index (χ0) is 16.6. The summed E-state index contributed by atoms with van der Waals surface area (Å²) in [5, 5.41) is 0. The van der Waals surface area contributed by atoms with Gasteiger partial charge in [0.05, 0.1) is 0 Å². The van der Waals surface area contributed by atoms with Crippen molar-refractivity contribution >= 4 is 0 Å². The Bertz CT molecular complexity index is 518. The molecule has 0 spiro atoms. The largest absolute Gasteiger partial charge is 0.0956 e. The molecule has 0 N–H and O–H groups in total. The maximum atomic E-state index is 4.31. The van der Waals surface area contributed by atoms with Gasteiger partial charge >= 0.3 is 0 Å². The maximum absolute atomic E-state index is 4.31. The predicted molar refractivity (Wildman–Crippen MR) is 101 cm³/mol. The van der Waals surface area contributed by atoms with Gasteiger partial charge in [-0.1, -0.05) is 57.6 Å². The van der Waals surface area contributed by atoms with Gasteiger partial charge in [-0.25, -0.2) is 0 Å². The Morgan fingerprint density at radius 2 is 1.91 bits per heavy atom. The van der Waals surface area contributed by atoms with Crippen LogP contribution in [0.2, 0.25) is 0 Å². The van der Waals surface area contributed by atoms with E-state index in [1.54, 1.807) is 5.57 Å². The Balaban J connectivity index is 1.81. The molecule has 0 nitrogen and oxygen atoms in total. The lowest BCUT2D eigenvalue weighted by Crippen LogP contribution is -2.35. The predicted octanol–water partition coefficient (Wildman–Crippen LogP) is 7.09. The molecule has 3 aliphatic rings. The van der Waals surface area contributed by atoms with E-state index in [0.717, 1.165) is 23.7 Å². The second kappa shape index (κ2) is 6.61. The van der Waals surface area contributed by atoms with E-state index in [2.05, 4.69) is 46.4 Å². The summed E-state index contributed by atoms with van der Waals surface area (Å²) in [6, 6.07) is 0. The van der Waals surface area contributed by atoms with Gasteiger partial charge in [-0.3, -0.25) is 0 Å². The molecule has 3 rings (SSSR count). The molecule has 3 saturated carbocycles. The van der Waals surface area contributed by atoms with E-state index in [4.69, 9.17) is 0 Å². The molecule has 0 heterocycles. The Morgan fingerprint density at radius 3 is 2.65 bits per heavy atom. The van der Waals surface area contributed by atoms with Crippen molar-refractivity contribution in [3.8, 4) is 0 Å². The molecule has 4 atom stereocenters. The minimum Gasteiger partial charge on any atom is -0.0956 e. The molecule has 0 amide bonds. The first-order chi connectivity index (χ1) is 10.9. The molecule has 0 aromatic heterocycles. The molecule has 3 aliphatic carbocycles. The summed E-state index contributed by atoms with van der Waals surface area (Å²) < 4.78 is 0. The van der Waals surface area contributed by atoms with E-state index in [1.165, 1.54) is 62.5 Å². The van der Waals surface area contributed by atoms with Gasteiger partial charge in [0, 0.05) is 0 Å². The minimum atomic E-state index is 0.563. The monoisotopic (exact) mass is 312 g/mol. The first-order valence-corrected chi connectivity index (χ1v) is 9.99. The van der Waals surface area contributed by atoms with Gasteiger partial charge in [-0.05, 0) is 86.0 Å². The quantitative estimate of drug-likeness (QED) is 0.510. The van der Waals surface area contributed by atoms with Crippen molar-refractivity contribution in [3.05, 3.63) is 35.5 Å². The molecule has 0 aliphatic heterocycles. The fourth-order valence-corrected chi connectivity index (χ4v) is 5.97. The van der Waals surface area contributed by atoms with Crippen LogP contribution in [0.1, 0.15) is 79.1 Å². The molecule has 23 heavy (non-hydrogen) atoms. The van der Waals surface area contributed by atoms with Gasteiger partial charge in [0.2, 0.25) is 0 Å². The lowest BCUT2D eigenvalue weighted by molar-refractivity contribution is 0.104. The molecule has 0 aromatic rings. The summed E-state index contributed by atoms with van der Waals surface area (Å²) in [5.74, 6) is 3.43. The molecular formula is C23H36. The van der Waals surface area contributed by atoms with E-state index in [0.29, 0.717) is 5.41 Å². The van der Waals surface area contributed by atoms with Crippen molar-refractivity contribution in [2.24, 2.45) is 29.1 Å². The van der Waals surface area contributed by atoms with E-state index in [1.807, 2.05) is 0 Å². The summed E-state index contributed by atoms with van der Waals surface area (Å²) >= 11 is 0. The van der Waals surface area contributed by atoms with Gasteiger partial charge < -0.3 is 0 Å². The van der Waals surface area contributed by atoms with Crippen LogP contribution in [0.4, 0.5) is 0 Å². The number of fused-ring (bicyclic) bond motifs is 1. The molecule has 0 saturated heterocycles. The summed E-state index contributed by atoms with van der Waals surface area (Å²) in [6.07, 6.45) is 15.8. The Hall–Kier alpha value is -0.780. The third-order valence-corrected chi connectivity index (χ3v) is 7.30. The fraction of sp³-hybridized carbons (Fsp3) is 0.739. The Labute approximate surface area is 144 Å². The summed E-state index contributed by atoms with van der Waals surface area (Å²) in [6.45, 7) is 14.2. The van der Waals surface area contributed by atoms with Crippen LogP contribution in [0.15, 0.2) is 35.5 Å². The zero-order valence-electron chi connectivity index (χ0n) is 15.8. The molecule has 0 heteroatoms. The van der Waals surface area contributed by atoms with Gasteiger partial charge in [0.1, 0.15) is 0 Å². The van der Waals surface area contributed by atoms with E-state index < -0.39 is 0 Å². The highest BCUT2D eigenvalue weighted by Gasteiger charge is 2.49. The van der Waals surface area contributed by atoms with Crippen LogP contribution in [0.5, 0.6) is 0 Å². The van der Waals surface area contributed by atoms with Gasteiger partial charge in [0.25, 0.3) is 0 Å². The second-order valence-electron chi connectivity index (χ2n) is 9.22. The lowest BCUT2D eigenvalue weighted by atomic mass is 9.61. The Morgan fingerprint density at radius 1 is 1.13 bits per heavy atom. The van der Waals surface area contributed by atoms with Crippen molar-refractivity contribution in [1.29, 1.82) is 0 Å². The topological polar surface area (TPSA) is 0 Å². The third kappa shape index (κ3) is 3.24. The molecule has 128 valence electrons. The van der Waals surface area contributed by atoms with Crippen molar-refractivity contribution in [2.45, 2.75) is 79.1 Å². The van der Waals surface area contributed by atoms with Crippen LogP contribution in [0, 0.1) is 29.1 Å². The highest BCUT2D eigenvalue weighted by atomic mass is 14.5. The normalized spacial score (nSPS) is 41.8. The second-order valence-corrected chi connectivity index (χ2v) is 9.22. The molecule has 0 aromatic carbocycles. The fourth-order valence-electron chi connectivity index (χ4n) is 5.97. The van der Waals surface area contributed by atoms with Crippen LogP contribution in [-0.4, -0.2) is 0 Å². The molecule has 2 unspecified atom stereocenters. The number of hydrogen-bond donors (Lipinski definition) is 0. The summed E-state index contributed by atoms with van der Waals surface area (Å²) in [7, 11) is 0. The smallest absolute Gasteiger partial charge is 0.0143 e. The average Bonchev–Trinajstić information content (AvgIpc) is 2.86. The first-order valence-electron chi connectivity index (χ1n) is 9.99. The first kappa shape index (κ1) is 17.1. The van der Waals surface area contributed by atoms with Gasteiger partial charge in [-0.15, -0.1) is 0 Å². The molecule has 0 radical (unpaired) electrons. The van der Waals surface area contributed by atoms with E-state index in [-0.39, 0.29) is 0 Å². The van der Waals surface area contributed by atoms with Gasteiger partial charge in [0.15, 0.2) is 0 Å². The molecular weight excluding hydrogens is 276 g/mol. The number of rotatable bonds is 2. The van der Waals surface area contributed by atoms with Crippen LogP contribution in [0.25, 0.3) is 0 Å². The third-order valence-electron chi connectivity index (χ3n) is 7.30. The molecule has 0 bridgehead atoms. The van der Waals surface area contributed by atoms with Crippen LogP contribution >= 0.6 is 0 Å². The highest BCUT2D eigenvalue weighted by Crippen LogP contribution is 2.59. The summed E-state index contributed by atoms with van der Waals surface area (Å²) in [4.78, 5) is 0. The van der Waals surface area contributed by atoms with E-state index >= 15 is 0 Å². The lowest BCUT2D eigenvalue weighted by Gasteiger charge is -2.43.